The summed E-state index contributed by atoms with van der Waals surface area (Å²) in [7, 11) is 1.59. The zero-order valence-electron chi connectivity index (χ0n) is 12.1. The molecule has 5 nitrogen and oxygen atoms in total. The summed E-state index contributed by atoms with van der Waals surface area (Å²) in [6.07, 6.45) is -0.295. The lowest BCUT2D eigenvalue weighted by atomic mass is 9.88. The smallest absolute Gasteiger partial charge is 0.263 e. The third-order valence-electron chi connectivity index (χ3n) is 4.02. The Morgan fingerprint density at radius 2 is 1.82 bits per heavy atom. The molecule has 3 rings (SSSR count). The van der Waals surface area contributed by atoms with Gasteiger partial charge >= 0.3 is 0 Å². The number of likely N-dealkylation sites (N-methyl/N-ethyl adjacent to an activating group) is 1. The summed E-state index contributed by atoms with van der Waals surface area (Å²) in [6.45, 7) is 0. The van der Waals surface area contributed by atoms with Gasteiger partial charge in [0.25, 0.3) is 5.91 Å². The predicted molar refractivity (Wildman–Crippen MR) is 83.6 cm³/mol. The number of nitrogen functional groups attached to an aromatic ring is 1. The van der Waals surface area contributed by atoms with Gasteiger partial charge in [-0.3, -0.25) is 9.59 Å². The van der Waals surface area contributed by atoms with Crippen LogP contribution < -0.4 is 10.6 Å². The first-order chi connectivity index (χ1) is 10.4. The molecule has 1 amide bonds. The quantitative estimate of drug-likeness (QED) is 0.667. The van der Waals surface area contributed by atoms with Crippen molar-refractivity contribution in [2.24, 2.45) is 0 Å². The maximum Gasteiger partial charge on any atom is 0.263 e. The van der Waals surface area contributed by atoms with Crippen LogP contribution in [0.15, 0.2) is 48.5 Å². The monoisotopic (exact) mass is 296 g/mol. The van der Waals surface area contributed by atoms with Crippen molar-refractivity contribution in [2.75, 3.05) is 17.7 Å². The molecule has 2 aromatic rings. The van der Waals surface area contributed by atoms with E-state index in [1.165, 1.54) is 4.90 Å². The summed E-state index contributed by atoms with van der Waals surface area (Å²) in [6, 6.07) is 13.4. The van der Waals surface area contributed by atoms with Gasteiger partial charge in [-0.2, -0.15) is 0 Å². The zero-order valence-corrected chi connectivity index (χ0v) is 12.1. The Hall–Kier alpha value is -2.66. The van der Waals surface area contributed by atoms with Crippen molar-refractivity contribution in [2.45, 2.75) is 12.0 Å². The van der Waals surface area contributed by atoms with Gasteiger partial charge < -0.3 is 15.7 Å². The highest BCUT2D eigenvalue weighted by Crippen LogP contribution is 2.41. The van der Waals surface area contributed by atoms with Crippen LogP contribution in [0.2, 0.25) is 0 Å². The Kier molecular flexibility index (Phi) is 3.22. The number of anilines is 2. The van der Waals surface area contributed by atoms with Crippen LogP contribution >= 0.6 is 0 Å². The van der Waals surface area contributed by atoms with Gasteiger partial charge in [-0.05, 0) is 30.3 Å². The van der Waals surface area contributed by atoms with E-state index in [-0.39, 0.29) is 12.2 Å². The van der Waals surface area contributed by atoms with E-state index < -0.39 is 11.5 Å². The second-order valence-electron chi connectivity index (χ2n) is 5.46. The number of rotatable bonds is 3. The van der Waals surface area contributed by atoms with Crippen LogP contribution in [-0.4, -0.2) is 23.8 Å². The Morgan fingerprint density at radius 3 is 2.50 bits per heavy atom. The lowest BCUT2D eigenvalue weighted by Gasteiger charge is -2.21. The topological polar surface area (TPSA) is 83.6 Å². The number of nitrogens with zero attached hydrogens (tertiary/aromatic N) is 1. The Labute approximate surface area is 128 Å². The molecule has 22 heavy (non-hydrogen) atoms. The van der Waals surface area contributed by atoms with Crippen LogP contribution in [0.4, 0.5) is 11.4 Å². The maximum absolute atomic E-state index is 12.4. The highest BCUT2D eigenvalue weighted by molar-refractivity contribution is 6.10. The highest BCUT2D eigenvalue weighted by Gasteiger charge is 2.49. The third kappa shape index (κ3) is 2.07. The number of nitrogens with two attached hydrogens (primary N) is 1. The summed E-state index contributed by atoms with van der Waals surface area (Å²) in [5.74, 6) is -0.793. The minimum atomic E-state index is -1.82. The Bertz CT molecular complexity index is 755. The standard InChI is InChI=1S/C17H16N2O3/c1-19-14-5-3-2-4-13(14)17(22,16(19)21)10-15(20)11-6-8-12(18)9-7-11/h2-9,22H,10,18H2,1H3. The first-order valence-corrected chi connectivity index (χ1v) is 6.92. The number of amides is 1. The molecule has 112 valence electrons. The minimum Gasteiger partial charge on any atom is -0.399 e. The molecule has 0 saturated heterocycles. The van der Waals surface area contributed by atoms with Crippen molar-refractivity contribution < 1.29 is 14.7 Å². The largest absolute Gasteiger partial charge is 0.399 e. The van der Waals surface area contributed by atoms with Gasteiger partial charge in [0, 0.05) is 23.9 Å². The molecule has 0 radical (unpaired) electrons. The molecule has 0 fully saturated rings. The van der Waals surface area contributed by atoms with Crippen molar-refractivity contribution in [3.63, 3.8) is 0 Å². The van der Waals surface area contributed by atoms with Crippen LogP contribution in [0.25, 0.3) is 0 Å². The van der Waals surface area contributed by atoms with Gasteiger partial charge in [0.2, 0.25) is 0 Å². The number of hydrogen-bond acceptors (Lipinski definition) is 4. The molecular weight excluding hydrogens is 280 g/mol. The number of benzene rings is 2. The number of Topliss-reactive ketones (excluding diaryl/α,β-unsaturated/α-hetero) is 1. The van der Waals surface area contributed by atoms with E-state index >= 15 is 0 Å². The summed E-state index contributed by atoms with van der Waals surface area (Å²) in [5, 5.41) is 10.8. The van der Waals surface area contributed by atoms with Crippen molar-refractivity contribution in [1.29, 1.82) is 0 Å². The molecule has 1 aliphatic rings. The number of aliphatic hydroxyl groups is 1. The lowest BCUT2D eigenvalue weighted by molar-refractivity contribution is -0.135. The Morgan fingerprint density at radius 1 is 1.18 bits per heavy atom. The second kappa shape index (κ2) is 4.96. The predicted octanol–water partition coefficient (Wildman–Crippen LogP) is 1.71. The van der Waals surface area contributed by atoms with Gasteiger partial charge in [0.1, 0.15) is 0 Å². The van der Waals surface area contributed by atoms with Crippen LogP contribution in [0.3, 0.4) is 0 Å². The van der Waals surface area contributed by atoms with E-state index in [1.807, 2.05) is 0 Å². The minimum absolute atomic E-state index is 0.295. The first-order valence-electron chi connectivity index (χ1n) is 6.92. The fourth-order valence-electron chi connectivity index (χ4n) is 2.79. The van der Waals surface area contributed by atoms with E-state index in [0.717, 1.165) is 0 Å². The van der Waals surface area contributed by atoms with Crippen molar-refractivity contribution >= 4 is 23.1 Å². The number of hydrogen-bond donors (Lipinski definition) is 2. The van der Waals surface area contributed by atoms with E-state index in [0.29, 0.717) is 22.5 Å². The molecule has 3 N–H and O–H groups in total. The van der Waals surface area contributed by atoms with E-state index in [1.54, 1.807) is 55.6 Å². The van der Waals surface area contributed by atoms with E-state index in [4.69, 9.17) is 5.73 Å². The molecule has 0 aromatic heterocycles. The molecule has 0 bridgehead atoms. The van der Waals surface area contributed by atoms with Crippen molar-refractivity contribution in [3.05, 3.63) is 59.7 Å². The van der Waals surface area contributed by atoms with E-state index in [2.05, 4.69) is 0 Å². The number of para-hydroxylation sites is 1. The Balaban J connectivity index is 1.95. The average Bonchev–Trinajstić information content (AvgIpc) is 2.70. The second-order valence-corrected chi connectivity index (χ2v) is 5.46. The van der Waals surface area contributed by atoms with Crippen LogP contribution in [-0.2, 0) is 10.4 Å². The zero-order chi connectivity index (χ0) is 15.9. The number of ketones is 1. The maximum atomic E-state index is 12.4. The fraction of sp³-hybridized carbons (Fsp3) is 0.176. The molecule has 5 heteroatoms. The summed E-state index contributed by atoms with van der Waals surface area (Å²) in [5.41, 5.74) is 5.84. The molecule has 1 aliphatic heterocycles. The molecule has 1 heterocycles. The number of carbonyl (C=O) groups excluding carboxylic acids is 2. The van der Waals surface area contributed by atoms with Crippen LogP contribution in [0.1, 0.15) is 22.3 Å². The molecule has 0 aliphatic carbocycles. The molecule has 0 saturated carbocycles. The summed E-state index contributed by atoms with van der Waals surface area (Å²) in [4.78, 5) is 26.2. The van der Waals surface area contributed by atoms with Gasteiger partial charge in [0.05, 0.1) is 12.1 Å². The number of fused-ring (bicyclic) bond motifs is 1. The fourth-order valence-corrected chi connectivity index (χ4v) is 2.79. The van der Waals surface area contributed by atoms with Gasteiger partial charge in [-0.1, -0.05) is 18.2 Å². The van der Waals surface area contributed by atoms with E-state index in [9.17, 15) is 14.7 Å². The van der Waals surface area contributed by atoms with Gasteiger partial charge in [-0.15, -0.1) is 0 Å². The van der Waals surface area contributed by atoms with Gasteiger partial charge in [0.15, 0.2) is 11.4 Å². The molecule has 1 unspecified atom stereocenters. The normalized spacial score (nSPS) is 20.1. The average molecular weight is 296 g/mol. The lowest BCUT2D eigenvalue weighted by Crippen LogP contribution is -2.40. The third-order valence-corrected chi connectivity index (χ3v) is 4.02. The highest BCUT2D eigenvalue weighted by atomic mass is 16.3. The molecule has 1 atom stereocenters. The van der Waals surface area contributed by atoms with Crippen molar-refractivity contribution in [1.82, 2.24) is 0 Å². The van der Waals surface area contributed by atoms with Gasteiger partial charge in [-0.25, -0.2) is 0 Å². The summed E-state index contributed by atoms with van der Waals surface area (Å²) < 4.78 is 0. The first kappa shape index (κ1) is 14.3. The molecule has 2 aromatic carbocycles. The van der Waals surface area contributed by atoms with Crippen LogP contribution in [0, 0.1) is 0 Å². The van der Waals surface area contributed by atoms with Crippen LogP contribution in [0.5, 0.6) is 0 Å². The summed E-state index contributed by atoms with van der Waals surface area (Å²) >= 11 is 0. The SMILES string of the molecule is CN1C(=O)C(O)(CC(=O)c2ccc(N)cc2)c2ccccc21. The van der Waals surface area contributed by atoms with Crippen molar-refractivity contribution in [3.8, 4) is 0 Å². The molecule has 0 spiro atoms. The number of carbonyl (C=O) groups is 2. The molecular formula is C17H16N2O3.